The molecule has 5 N–H and O–H groups in total. The third-order valence-electron chi connectivity index (χ3n) is 1.81. The number of aromatic nitrogens is 4. The standard InChI is InChI=1S/C7H7N5O3/c8-6-5(13)4(7(14)15)11-12(6)3-1-2-9-10-3/h1-2,13H,8H2,(H,9,10)(H,14,15). The van der Waals surface area contributed by atoms with Crippen LogP contribution in [0.4, 0.5) is 5.82 Å². The molecule has 0 aliphatic heterocycles. The Morgan fingerprint density at radius 2 is 2.33 bits per heavy atom. The van der Waals surface area contributed by atoms with E-state index in [9.17, 15) is 9.90 Å². The second-order valence-electron chi connectivity index (χ2n) is 2.74. The number of anilines is 1. The minimum atomic E-state index is -1.35. The predicted molar refractivity (Wildman–Crippen MR) is 48.7 cm³/mol. The van der Waals surface area contributed by atoms with Gasteiger partial charge in [-0.3, -0.25) is 5.10 Å². The first kappa shape index (κ1) is 9.06. The van der Waals surface area contributed by atoms with Gasteiger partial charge in [-0.2, -0.15) is 14.9 Å². The molecule has 0 radical (unpaired) electrons. The van der Waals surface area contributed by atoms with Gasteiger partial charge in [-0.05, 0) is 0 Å². The van der Waals surface area contributed by atoms with E-state index in [0.717, 1.165) is 4.68 Å². The van der Waals surface area contributed by atoms with Gasteiger partial charge in [-0.1, -0.05) is 0 Å². The van der Waals surface area contributed by atoms with E-state index in [-0.39, 0.29) is 5.82 Å². The highest BCUT2D eigenvalue weighted by Gasteiger charge is 2.21. The number of aromatic hydroxyl groups is 1. The van der Waals surface area contributed by atoms with Crippen LogP contribution in [0.25, 0.3) is 5.82 Å². The number of hydrogen-bond acceptors (Lipinski definition) is 5. The summed E-state index contributed by atoms with van der Waals surface area (Å²) in [4.78, 5) is 10.6. The van der Waals surface area contributed by atoms with E-state index in [4.69, 9.17) is 10.8 Å². The lowest BCUT2D eigenvalue weighted by Crippen LogP contribution is -2.03. The zero-order valence-corrected chi connectivity index (χ0v) is 7.38. The number of aromatic carboxylic acids is 1. The average molecular weight is 209 g/mol. The van der Waals surface area contributed by atoms with Crippen LogP contribution in [0.2, 0.25) is 0 Å². The van der Waals surface area contributed by atoms with Crippen molar-refractivity contribution in [3.8, 4) is 11.6 Å². The molecule has 2 aromatic rings. The van der Waals surface area contributed by atoms with Gasteiger partial charge >= 0.3 is 5.97 Å². The Morgan fingerprint density at radius 1 is 1.60 bits per heavy atom. The number of H-pyrrole nitrogens is 1. The third-order valence-corrected chi connectivity index (χ3v) is 1.81. The third kappa shape index (κ3) is 1.27. The summed E-state index contributed by atoms with van der Waals surface area (Å²) in [6.45, 7) is 0. The normalized spacial score (nSPS) is 10.4. The zero-order valence-electron chi connectivity index (χ0n) is 7.38. The van der Waals surface area contributed by atoms with Gasteiger partial charge in [0.25, 0.3) is 0 Å². The van der Waals surface area contributed by atoms with E-state index in [1.165, 1.54) is 12.3 Å². The van der Waals surface area contributed by atoms with Crippen LogP contribution in [-0.4, -0.2) is 36.2 Å². The molecule has 0 spiro atoms. The first-order valence-corrected chi connectivity index (χ1v) is 3.91. The second-order valence-corrected chi connectivity index (χ2v) is 2.74. The van der Waals surface area contributed by atoms with Gasteiger partial charge in [0.05, 0.1) is 6.20 Å². The number of carboxylic acids is 1. The minimum absolute atomic E-state index is 0.156. The molecule has 0 fully saturated rings. The summed E-state index contributed by atoms with van der Waals surface area (Å²) in [7, 11) is 0. The number of carboxylic acid groups (broad SMARTS) is 1. The Kier molecular flexibility index (Phi) is 1.82. The van der Waals surface area contributed by atoms with Gasteiger partial charge in [0, 0.05) is 6.07 Å². The first-order chi connectivity index (χ1) is 7.11. The molecule has 0 unspecified atom stereocenters. The Hall–Kier alpha value is -2.51. The van der Waals surface area contributed by atoms with Crippen LogP contribution in [0.15, 0.2) is 12.3 Å². The molecule has 0 aliphatic rings. The van der Waals surface area contributed by atoms with Crippen molar-refractivity contribution in [3.63, 3.8) is 0 Å². The summed E-state index contributed by atoms with van der Waals surface area (Å²) in [5.74, 6) is -1.69. The molecule has 8 nitrogen and oxygen atoms in total. The number of hydrogen-bond donors (Lipinski definition) is 4. The molecule has 0 atom stereocenters. The van der Waals surface area contributed by atoms with Crippen LogP contribution < -0.4 is 5.73 Å². The van der Waals surface area contributed by atoms with Crippen LogP contribution in [-0.2, 0) is 0 Å². The van der Waals surface area contributed by atoms with Crippen LogP contribution in [0.5, 0.6) is 5.75 Å². The molecule has 0 bridgehead atoms. The zero-order chi connectivity index (χ0) is 11.0. The number of rotatable bonds is 2. The number of nitrogens with two attached hydrogens (primary N) is 1. The smallest absolute Gasteiger partial charge is 0.360 e. The highest BCUT2D eigenvalue weighted by molar-refractivity contribution is 5.90. The number of aromatic amines is 1. The van der Waals surface area contributed by atoms with Crippen LogP contribution >= 0.6 is 0 Å². The maximum absolute atomic E-state index is 10.6. The van der Waals surface area contributed by atoms with E-state index in [1.807, 2.05) is 0 Å². The first-order valence-electron chi connectivity index (χ1n) is 3.91. The lowest BCUT2D eigenvalue weighted by atomic mass is 10.4. The lowest BCUT2D eigenvalue weighted by Gasteiger charge is -1.97. The number of carbonyl (C=O) groups is 1. The molecule has 0 aromatic carbocycles. The number of nitrogens with one attached hydrogen (secondary N) is 1. The van der Waals surface area contributed by atoms with Crippen molar-refractivity contribution in [3.05, 3.63) is 18.0 Å². The van der Waals surface area contributed by atoms with E-state index < -0.39 is 17.4 Å². The van der Waals surface area contributed by atoms with E-state index in [1.54, 1.807) is 0 Å². The van der Waals surface area contributed by atoms with Crippen molar-refractivity contribution in [2.24, 2.45) is 0 Å². The molecule has 0 amide bonds. The van der Waals surface area contributed by atoms with Gasteiger partial charge in [0.1, 0.15) is 0 Å². The molecule has 2 heterocycles. The maximum Gasteiger partial charge on any atom is 0.360 e. The van der Waals surface area contributed by atoms with E-state index in [0.29, 0.717) is 5.82 Å². The fourth-order valence-corrected chi connectivity index (χ4v) is 1.12. The molecular formula is C7H7N5O3. The summed E-state index contributed by atoms with van der Waals surface area (Å²) in [5, 5.41) is 27.9. The van der Waals surface area contributed by atoms with E-state index in [2.05, 4.69) is 15.3 Å². The lowest BCUT2D eigenvalue weighted by molar-refractivity contribution is 0.0687. The van der Waals surface area contributed by atoms with Crippen molar-refractivity contribution in [1.29, 1.82) is 0 Å². The average Bonchev–Trinajstić information content (AvgIpc) is 2.77. The molecule has 78 valence electrons. The molecular weight excluding hydrogens is 202 g/mol. The summed E-state index contributed by atoms with van der Waals surface area (Å²) in [5.41, 5.74) is 4.97. The second kappa shape index (κ2) is 3.01. The monoisotopic (exact) mass is 209 g/mol. The van der Waals surface area contributed by atoms with Gasteiger partial charge in [0.2, 0.25) is 5.69 Å². The highest BCUT2D eigenvalue weighted by Crippen LogP contribution is 2.26. The number of nitrogens with zero attached hydrogens (tertiary/aromatic N) is 3. The molecule has 15 heavy (non-hydrogen) atoms. The molecule has 0 aliphatic carbocycles. The van der Waals surface area contributed by atoms with Gasteiger partial charge < -0.3 is 15.9 Å². The van der Waals surface area contributed by atoms with Crippen LogP contribution in [0.1, 0.15) is 10.5 Å². The molecule has 8 heteroatoms. The Balaban J connectivity index is 2.60. The summed E-state index contributed by atoms with van der Waals surface area (Å²) >= 11 is 0. The van der Waals surface area contributed by atoms with Crippen LogP contribution in [0, 0.1) is 0 Å². The van der Waals surface area contributed by atoms with Crippen molar-refractivity contribution in [2.75, 3.05) is 5.73 Å². The van der Waals surface area contributed by atoms with E-state index >= 15 is 0 Å². The quantitative estimate of drug-likeness (QED) is 0.531. The topological polar surface area (TPSA) is 130 Å². The Bertz CT molecular complexity index is 501. The summed E-state index contributed by atoms with van der Waals surface area (Å²) in [6, 6.07) is 1.54. The van der Waals surface area contributed by atoms with Gasteiger partial charge in [-0.25, -0.2) is 4.79 Å². The van der Waals surface area contributed by atoms with Crippen molar-refractivity contribution < 1.29 is 15.0 Å². The fraction of sp³-hybridized carbons (Fsp3) is 0. The SMILES string of the molecule is Nc1c(O)c(C(=O)O)nn1-c1ccn[nH]1. The fourth-order valence-electron chi connectivity index (χ4n) is 1.12. The molecule has 2 rings (SSSR count). The Morgan fingerprint density at radius 3 is 2.80 bits per heavy atom. The van der Waals surface area contributed by atoms with Crippen molar-refractivity contribution in [2.45, 2.75) is 0 Å². The summed E-state index contributed by atoms with van der Waals surface area (Å²) < 4.78 is 1.06. The molecule has 2 aromatic heterocycles. The van der Waals surface area contributed by atoms with Gasteiger partial charge in [0.15, 0.2) is 17.4 Å². The minimum Gasteiger partial charge on any atom is -0.503 e. The maximum atomic E-state index is 10.6. The summed E-state index contributed by atoms with van der Waals surface area (Å²) in [6.07, 6.45) is 1.45. The largest absolute Gasteiger partial charge is 0.503 e. The molecule has 0 saturated heterocycles. The molecule has 0 saturated carbocycles. The highest BCUT2D eigenvalue weighted by atomic mass is 16.4. The number of nitrogen functional groups attached to an aromatic ring is 1. The Labute approximate surface area is 82.9 Å². The van der Waals surface area contributed by atoms with Gasteiger partial charge in [-0.15, -0.1) is 0 Å². The van der Waals surface area contributed by atoms with Crippen molar-refractivity contribution in [1.82, 2.24) is 20.0 Å². The van der Waals surface area contributed by atoms with Crippen molar-refractivity contribution >= 4 is 11.8 Å². The van der Waals surface area contributed by atoms with Crippen LogP contribution in [0.3, 0.4) is 0 Å². The predicted octanol–water partition coefficient (Wildman–Crippen LogP) is -0.419.